The van der Waals surface area contributed by atoms with E-state index in [0.29, 0.717) is 6.07 Å². The van der Waals surface area contributed by atoms with Crippen LogP contribution in [0.4, 0.5) is 17.6 Å². The summed E-state index contributed by atoms with van der Waals surface area (Å²) in [6.45, 7) is 0. The molecule has 1 nitrogen and oxygen atoms in total. The van der Waals surface area contributed by atoms with Crippen LogP contribution in [0.1, 0.15) is 15.9 Å². The number of Topliss-reactive ketones (excluding diaryl/α,β-unsaturated/α-hetero) is 1. The van der Waals surface area contributed by atoms with Gasteiger partial charge in [0.2, 0.25) is 11.4 Å². The second kappa shape index (κ2) is 4.18. The van der Waals surface area contributed by atoms with Gasteiger partial charge in [0.1, 0.15) is 0 Å². The van der Waals surface area contributed by atoms with Gasteiger partial charge in [0.05, 0.1) is 5.56 Å². The van der Waals surface area contributed by atoms with Crippen molar-refractivity contribution in [2.75, 3.05) is 0 Å². The smallest absolute Gasteiger partial charge is 0.289 e. The normalized spacial score (nSPS) is 13.7. The summed E-state index contributed by atoms with van der Waals surface area (Å²) in [5.74, 6) is -1.18. The van der Waals surface area contributed by atoms with Crippen LogP contribution in [0, 0.1) is 0 Å². The Morgan fingerprint density at radius 3 is 2.40 bits per heavy atom. The molecule has 0 aromatic heterocycles. The van der Waals surface area contributed by atoms with Gasteiger partial charge in [-0.25, -0.2) is 4.39 Å². The molecular formula is C9H5ClF4O. The summed E-state index contributed by atoms with van der Waals surface area (Å²) in [5.41, 5.74) is -3.73. The SMILES string of the molecule is O=C(c1cccc(C(F)(F)F)c1)C(F)Cl. The maximum atomic E-state index is 12.3. The minimum atomic E-state index is -4.56. The van der Waals surface area contributed by atoms with E-state index in [1.807, 2.05) is 0 Å². The maximum Gasteiger partial charge on any atom is 0.416 e. The van der Waals surface area contributed by atoms with E-state index in [1.165, 1.54) is 0 Å². The highest BCUT2D eigenvalue weighted by Gasteiger charge is 2.31. The molecule has 1 unspecified atom stereocenters. The molecule has 0 saturated carbocycles. The average Bonchev–Trinajstić information content (AvgIpc) is 2.15. The number of ketones is 1. The van der Waals surface area contributed by atoms with Crippen molar-refractivity contribution in [1.82, 2.24) is 0 Å². The molecule has 1 aromatic carbocycles. The van der Waals surface area contributed by atoms with Gasteiger partial charge in [-0.15, -0.1) is 0 Å². The highest BCUT2D eigenvalue weighted by atomic mass is 35.5. The molecular weight excluding hydrogens is 236 g/mol. The lowest BCUT2D eigenvalue weighted by molar-refractivity contribution is -0.137. The molecule has 0 amide bonds. The van der Waals surface area contributed by atoms with Crippen molar-refractivity contribution in [3.8, 4) is 0 Å². The van der Waals surface area contributed by atoms with Crippen molar-refractivity contribution < 1.29 is 22.4 Å². The summed E-state index contributed by atoms with van der Waals surface area (Å²) in [5, 5.41) is 0. The van der Waals surface area contributed by atoms with Crippen molar-refractivity contribution >= 4 is 17.4 Å². The fourth-order valence-corrected chi connectivity index (χ4v) is 1.10. The third-order valence-corrected chi connectivity index (χ3v) is 1.87. The molecule has 1 aromatic rings. The Morgan fingerprint density at radius 2 is 1.93 bits per heavy atom. The van der Waals surface area contributed by atoms with Crippen LogP contribution < -0.4 is 0 Å². The molecule has 0 fully saturated rings. The Balaban J connectivity index is 3.09. The van der Waals surface area contributed by atoms with Crippen LogP contribution in [0.5, 0.6) is 0 Å². The van der Waals surface area contributed by atoms with Crippen molar-refractivity contribution in [2.24, 2.45) is 0 Å². The van der Waals surface area contributed by atoms with E-state index >= 15 is 0 Å². The van der Waals surface area contributed by atoms with Crippen LogP contribution in [0.2, 0.25) is 0 Å². The lowest BCUT2D eigenvalue weighted by Gasteiger charge is -2.07. The number of hydrogen-bond donors (Lipinski definition) is 0. The summed E-state index contributed by atoms with van der Waals surface area (Å²) in [4.78, 5) is 10.9. The highest BCUT2D eigenvalue weighted by Crippen LogP contribution is 2.29. The van der Waals surface area contributed by atoms with Gasteiger partial charge in [-0.05, 0) is 12.1 Å². The molecule has 0 radical (unpaired) electrons. The molecule has 6 heteroatoms. The number of carbonyl (C=O) groups excluding carboxylic acids is 1. The van der Waals surface area contributed by atoms with E-state index in [-0.39, 0.29) is 0 Å². The van der Waals surface area contributed by atoms with E-state index in [0.717, 1.165) is 18.2 Å². The largest absolute Gasteiger partial charge is 0.416 e. The van der Waals surface area contributed by atoms with Crippen LogP contribution in [-0.4, -0.2) is 11.4 Å². The Labute approximate surface area is 87.7 Å². The summed E-state index contributed by atoms with van der Waals surface area (Å²) < 4.78 is 48.9. The van der Waals surface area contributed by atoms with E-state index < -0.39 is 28.7 Å². The van der Waals surface area contributed by atoms with Gasteiger partial charge in [0, 0.05) is 5.56 Å². The molecule has 0 bridgehead atoms. The van der Waals surface area contributed by atoms with Crippen molar-refractivity contribution in [2.45, 2.75) is 11.8 Å². The lowest BCUT2D eigenvalue weighted by Crippen LogP contribution is -2.11. The van der Waals surface area contributed by atoms with Crippen LogP contribution in [0.15, 0.2) is 24.3 Å². The van der Waals surface area contributed by atoms with Crippen molar-refractivity contribution in [3.63, 3.8) is 0 Å². The van der Waals surface area contributed by atoms with Gasteiger partial charge in [0.15, 0.2) is 0 Å². The molecule has 15 heavy (non-hydrogen) atoms. The van der Waals surface area contributed by atoms with E-state index in [9.17, 15) is 22.4 Å². The quantitative estimate of drug-likeness (QED) is 0.440. The second-order valence-corrected chi connectivity index (χ2v) is 3.13. The molecule has 0 saturated heterocycles. The predicted octanol–water partition coefficient (Wildman–Crippen LogP) is 3.42. The third kappa shape index (κ3) is 2.92. The zero-order valence-corrected chi connectivity index (χ0v) is 7.94. The van der Waals surface area contributed by atoms with Gasteiger partial charge in [-0.2, -0.15) is 13.2 Å². The van der Waals surface area contributed by atoms with Crippen LogP contribution in [0.25, 0.3) is 0 Å². The minimum absolute atomic E-state index is 0.396. The summed E-state index contributed by atoms with van der Waals surface area (Å²) in [6.07, 6.45) is -4.56. The Morgan fingerprint density at radius 1 is 1.33 bits per heavy atom. The number of hydrogen-bond acceptors (Lipinski definition) is 1. The van der Waals surface area contributed by atoms with Gasteiger partial charge in [-0.3, -0.25) is 4.79 Å². The zero-order valence-electron chi connectivity index (χ0n) is 7.18. The first-order valence-corrected chi connectivity index (χ1v) is 4.25. The maximum absolute atomic E-state index is 12.3. The number of benzene rings is 1. The standard InChI is InChI=1S/C9H5ClF4O/c10-8(11)7(15)5-2-1-3-6(4-5)9(12,13)14/h1-4,8H. The Kier molecular flexibility index (Phi) is 3.34. The van der Waals surface area contributed by atoms with Crippen LogP contribution >= 0.6 is 11.6 Å². The fraction of sp³-hybridized carbons (Fsp3) is 0.222. The number of halogens is 5. The Bertz CT molecular complexity index is 373. The summed E-state index contributed by atoms with van der Waals surface area (Å²) >= 11 is 4.83. The van der Waals surface area contributed by atoms with Crippen LogP contribution in [-0.2, 0) is 6.18 Å². The first-order chi connectivity index (χ1) is 6.82. The molecule has 0 aliphatic carbocycles. The molecule has 1 rings (SSSR count). The average molecular weight is 241 g/mol. The second-order valence-electron chi connectivity index (χ2n) is 2.74. The van der Waals surface area contributed by atoms with Gasteiger partial charge in [-0.1, -0.05) is 23.7 Å². The van der Waals surface area contributed by atoms with Crippen molar-refractivity contribution in [1.29, 1.82) is 0 Å². The lowest BCUT2D eigenvalue weighted by atomic mass is 10.1. The van der Waals surface area contributed by atoms with Gasteiger partial charge in [0.25, 0.3) is 0 Å². The molecule has 1 atom stereocenters. The third-order valence-electron chi connectivity index (χ3n) is 1.67. The Hall–Kier alpha value is -1.10. The molecule has 0 spiro atoms. The molecule has 0 heterocycles. The van der Waals surface area contributed by atoms with Crippen molar-refractivity contribution in [3.05, 3.63) is 35.4 Å². The minimum Gasteiger partial charge on any atom is -0.289 e. The number of carbonyl (C=O) groups is 1. The topological polar surface area (TPSA) is 17.1 Å². The highest BCUT2D eigenvalue weighted by molar-refractivity contribution is 6.32. The first kappa shape index (κ1) is 12.0. The van der Waals surface area contributed by atoms with Crippen LogP contribution in [0.3, 0.4) is 0 Å². The first-order valence-electron chi connectivity index (χ1n) is 3.82. The molecule has 82 valence electrons. The summed E-state index contributed by atoms with van der Waals surface area (Å²) in [6, 6.07) is 3.46. The van der Waals surface area contributed by atoms with Gasteiger partial charge < -0.3 is 0 Å². The fourth-order valence-electron chi connectivity index (χ4n) is 0.975. The van der Waals surface area contributed by atoms with E-state index in [4.69, 9.17) is 11.6 Å². The molecule has 0 aliphatic rings. The number of rotatable bonds is 2. The zero-order chi connectivity index (χ0) is 11.6. The number of alkyl halides is 5. The van der Waals surface area contributed by atoms with E-state index in [1.54, 1.807) is 0 Å². The monoisotopic (exact) mass is 240 g/mol. The summed E-state index contributed by atoms with van der Waals surface area (Å²) in [7, 11) is 0. The van der Waals surface area contributed by atoms with Gasteiger partial charge >= 0.3 is 6.18 Å². The van der Waals surface area contributed by atoms with E-state index in [2.05, 4.69) is 0 Å². The molecule has 0 N–H and O–H groups in total. The molecule has 0 aliphatic heterocycles. The predicted molar refractivity (Wildman–Crippen MR) is 46.5 cm³/mol.